The molecule has 1 saturated heterocycles. The average Bonchev–Trinajstić information content (AvgIpc) is 3.17. The van der Waals surface area contributed by atoms with Crippen molar-refractivity contribution in [2.75, 3.05) is 36.0 Å². The van der Waals surface area contributed by atoms with E-state index in [-0.39, 0.29) is 5.82 Å². The number of aromatic nitrogens is 4. The highest BCUT2D eigenvalue weighted by Crippen LogP contribution is 2.24. The largest absolute Gasteiger partial charge is 0.352 e. The molecule has 1 fully saturated rings. The molecule has 0 unspecified atom stereocenters. The van der Waals surface area contributed by atoms with Gasteiger partial charge in [-0.25, -0.2) is 14.4 Å². The molecule has 6 nitrogen and oxygen atoms in total. The first-order valence-corrected chi connectivity index (χ1v) is 8.52. The zero-order chi connectivity index (χ0) is 16.4. The number of hydrogen-bond donors (Lipinski definition) is 0. The number of hydrogen-bond acceptors (Lipinski definition) is 7. The zero-order valence-corrected chi connectivity index (χ0v) is 13.7. The van der Waals surface area contributed by atoms with E-state index in [2.05, 4.69) is 25.1 Å². The third kappa shape index (κ3) is 2.92. The Balaban J connectivity index is 1.43. The van der Waals surface area contributed by atoms with E-state index in [1.165, 1.54) is 12.5 Å². The molecule has 8 heteroatoms. The van der Waals surface area contributed by atoms with Crippen LogP contribution in [0.1, 0.15) is 0 Å². The molecule has 0 amide bonds. The van der Waals surface area contributed by atoms with E-state index in [9.17, 15) is 4.39 Å². The molecule has 122 valence electrons. The Morgan fingerprint density at radius 1 is 1.00 bits per heavy atom. The van der Waals surface area contributed by atoms with Gasteiger partial charge in [0.25, 0.3) is 0 Å². The quantitative estimate of drug-likeness (QED) is 0.729. The first-order chi connectivity index (χ1) is 11.8. The molecule has 0 aromatic carbocycles. The number of halogens is 1. The molecular weight excluding hydrogens is 327 g/mol. The normalized spacial score (nSPS) is 14.9. The minimum Gasteiger partial charge on any atom is -0.352 e. The summed E-state index contributed by atoms with van der Waals surface area (Å²) in [5.74, 6) is 0.827. The van der Waals surface area contributed by atoms with Gasteiger partial charge in [0.15, 0.2) is 17.5 Å². The predicted molar refractivity (Wildman–Crippen MR) is 91.8 cm³/mol. The van der Waals surface area contributed by atoms with Gasteiger partial charge in [-0.1, -0.05) is 6.07 Å². The van der Waals surface area contributed by atoms with Crippen molar-refractivity contribution >= 4 is 23.0 Å². The first kappa shape index (κ1) is 14.9. The third-order valence-electron chi connectivity index (χ3n) is 3.98. The minimum atomic E-state index is -0.383. The molecule has 0 saturated carbocycles. The van der Waals surface area contributed by atoms with Crippen LogP contribution in [-0.4, -0.2) is 46.3 Å². The lowest BCUT2D eigenvalue weighted by atomic mass is 10.3. The Morgan fingerprint density at radius 2 is 1.83 bits per heavy atom. The van der Waals surface area contributed by atoms with Crippen LogP contribution in [0.3, 0.4) is 0 Å². The van der Waals surface area contributed by atoms with Gasteiger partial charge in [-0.15, -0.1) is 21.5 Å². The van der Waals surface area contributed by atoms with E-state index in [4.69, 9.17) is 0 Å². The van der Waals surface area contributed by atoms with Gasteiger partial charge in [-0.3, -0.25) is 0 Å². The van der Waals surface area contributed by atoms with Crippen molar-refractivity contribution in [2.24, 2.45) is 0 Å². The molecule has 0 spiro atoms. The van der Waals surface area contributed by atoms with Crippen molar-refractivity contribution in [3.8, 4) is 10.6 Å². The summed E-state index contributed by atoms with van der Waals surface area (Å²) in [6.07, 6.45) is 2.57. The second-order valence-electron chi connectivity index (χ2n) is 5.42. The van der Waals surface area contributed by atoms with Crippen LogP contribution in [-0.2, 0) is 0 Å². The molecule has 3 aromatic heterocycles. The SMILES string of the molecule is Fc1cncnc1N1CCN(c2ccc(-c3cccs3)nn2)CC1. The van der Waals surface area contributed by atoms with E-state index in [1.807, 2.05) is 34.5 Å². The third-order valence-corrected chi connectivity index (χ3v) is 4.87. The fraction of sp³-hybridized carbons (Fsp3) is 0.250. The molecular formula is C16H15FN6S. The van der Waals surface area contributed by atoms with Crippen LogP contribution >= 0.6 is 11.3 Å². The van der Waals surface area contributed by atoms with Crippen molar-refractivity contribution in [3.63, 3.8) is 0 Å². The molecule has 0 radical (unpaired) electrons. The molecule has 0 atom stereocenters. The van der Waals surface area contributed by atoms with Gasteiger partial charge in [-0.05, 0) is 23.6 Å². The number of piperazine rings is 1. The molecule has 4 rings (SSSR count). The van der Waals surface area contributed by atoms with Crippen molar-refractivity contribution in [3.05, 3.63) is 48.0 Å². The second-order valence-corrected chi connectivity index (χ2v) is 6.37. The maximum absolute atomic E-state index is 13.8. The molecule has 0 N–H and O–H groups in total. The average molecular weight is 342 g/mol. The smallest absolute Gasteiger partial charge is 0.183 e. The van der Waals surface area contributed by atoms with Crippen molar-refractivity contribution < 1.29 is 4.39 Å². The fourth-order valence-electron chi connectivity index (χ4n) is 2.74. The van der Waals surface area contributed by atoms with Gasteiger partial charge in [0, 0.05) is 26.2 Å². The van der Waals surface area contributed by atoms with Crippen molar-refractivity contribution in [1.82, 2.24) is 20.2 Å². The maximum atomic E-state index is 13.8. The number of anilines is 2. The lowest BCUT2D eigenvalue weighted by Crippen LogP contribution is -2.47. The van der Waals surface area contributed by atoms with Gasteiger partial charge in [0.05, 0.1) is 11.1 Å². The highest BCUT2D eigenvalue weighted by atomic mass is 32.1. The molecule has 0 aliphatic carbocycles. The Hall–Kier alpha value is -2.61. The summed E-state index contributed by atoms with van der Waals surface area (Å²) in [4.78, 5) is 12.9. The van der Waals surface area contributed by atoms with E-state index in [0.717, 1.165) is 29.5 Å². The number of thiophene rings is 1. The Labute approximate surface area is 142 Å². The summed E-state index contributed by atoms with van der Waals surface area (Å²) in [7, 11) is 0. The van der Waals surface area contributed by atoms with E-state index in [1.54, 1.807) is 11.3 Å². The van der Waals surface area contributed by atoms with Gasteiger partial charge in [0.1, 0.15) is 12.0 Å². The summed E-state index contributed by atoms with van der Waals surface area (Å²) in [6.45, 7) is 2.86. The monoisotopic (exact) mass is 342 g/mol. The molecule has 24 heavy (non-hydrogen) atoms. The molecule has 4 heterocycles. The van der Waals surface area contributed by atoms with Crippen LogP contribution in [0.5, 0.6) is 0 Å². The van der Waals surface area contributed by atoms with Crippen LogP contribution in [0.2, 0.25) is 0 Å². The summed E-state index contributed by atoms with van der Waals surface area (Å²) >= 11 is 1.65. The van der Waals surface area contributed by atoms with Crippen LogP contribution < -0.4 is 9.80 Å². The fourth-order valence-corrected chi connectivity index (χ4v) is 3.43. The van der Waals surface area contributed by atoms with Gasteiger partial charge >= 0.3 is 0 Å². The van der Waals surface area contributed by atoms with Crippen LogP contribution in [0.15, 0.2) is 42.2 Å². The van der Waals surface area contributed by atoms with E-state index < -0.39 is 0 Å². The lowest BCUT2D eigenvalue weighted by Gasteiger charge is -2.35. The number of rotatable bonds is 3. The molecule has 1 aliphatic rings. The van der Waals surface area contributed by atoms with E-state index in [0.29, 0.717) is 18.9 Å². The van der Waals surface area contributed by atoms with Crippen molar-refractivity contribution in [1.29, 1.82) is 0 Å². The minimum absolute atomic E-state index is 0.365. The highest BCUT2D eigenvalue weighted by molar-refractivity contribution is 7.13. The zero-order valence-electron chi connectivity index (χ0n) is 12.8. The Morgan fingerprint density at radius 3 is 2.50 bits per heavy atom. The Kier molecular flexibility index (Phi) is 4.04. The van der Waals surface area contributed by atoms with Crippen LogP contribution in [0.25, 0.3) is 10.6 Å². The highest BCUT2D eigenvalue weighted by Gasteiger charge is 2.21. The summed E-state index contributed by atoms with van der Waals surface area (Å²) < 4.78 is 13.8. The van der Waals surface area contributed by atoms with E-state index >= 15 is 0 Å². The topological polar surface area (TPSA) is 58.0 Å². The first-order valence-electron chi connectivity index (χ1n) is 7.64. The van der Waals surface area contributed by atoms with Crippen LogP contribution in [0, 0.1) is 5.82 Å². The molecule has 0 bridgehead atoms. The van der Waals surface area contributed by atoms with Gasteiger partial charge in [0.2, 0.25) is 0 Å². The standard InChI is InChI=1S/C16H15FN6S/c17-12-10-18-11-19-16(12)23-7-5-22(6-8-23)15-4-3-13(20-21-15)14-2-1-9-24-14/h1-4,9-11H,5-8H2. The van der Waals surface area contributed by atoms with Gasteiger partial charge in [-0.2, -0.15) is 0 Å². The predicted octanol–water partition coefficient (Wildman–Crippen LogP) is 2.46. The molecule has 3 aromatic rings. The molecule has 1 aliphatic heterocycles. The summed E-state index contributed by atoms with van der Waals surface area (Å²) in [5, 5.41) is 10.7. The maximum Gasteiger partial charge on any atom is 0.183 e. The number of nitrogens with zero attached hydrogens (tertiary/aromatic N) is 6. The Bertz CT molecular complexity index is 800. The lowest BCUT2D eigenvalue weighted by molar-refractivity contribution is 0.580. The van der Waals surface area contributed by atoms with Crippen molar-refractivity contribution in [2.45, 2.75) is 0 Å². The van der Waals surface area contributed by atoms with Gasteiger partial charge < -0.3 is 9.80 Å². The second kappa shape index (κ2) is 6.48. The summed E-state index contributed by atoms with van der Waals surface area (Å²) in [5.41, 5.74) is 0.885. The van der Waals surface area contributed by atoms with Crippen LogP contribution in [0.4, 0.5) is 16.0 Å². The summed E-state index contributed by atoms with van der Waals surface area (Å²) in [6, 6.07) is 8.01.